The Morgan fingerprint density at radius 1 is 1.06 bits per heavy atom. The minimum Gasteiger partial charge on any atom is -0.394 e. The van der Waals surface area contributed by atoms with E-state index in [0.717, 1.165) is 24.2 Å². The summed E-state index contributed by atoms with van der Waals surface area (Å²) >= 11 is 0. The van der Waals surface area contributed by atoms with Crippen molar-refractivity contribution >= 4 is 5.95 Å². The van der Waals surface area contributed by atoms with Gasteiger partial charge in [-0.25, -0.2) is 4.98 Å². The number of hydrogen-bond acceptors (Lipinski definition) is 6. The zero-order valence-electron chi connectivity index (χ0n) is 10.6. The van der Waals surface area contributed by atoms with Gasteiger partial charge in [0, 0.05) is 0 Å². The third-order valence-corrected chi connectivity index (χ3v) is 2.62. The van der Waals surface area contributed by atoms with Crippen molar-refractivity contribution in [2.24, 2.45) is 0 Å². The summed E-state index contributed by atoms with van der Waals surface area (Å²) in [7, 11) is 0. The highest BCUT2D eigenvalue weighted by Gasteiger charge is 2.23. The fraction of sp³-hybridized carbons (Fsp3) is 0.727. The van der Waals surface area contributed by atoms with E-state index < -0.39 is 5.54 Å². The molecule has 0 aliphatic carbocycles. The van der Waals surface area contributed by atoms with E-state index >= 15 is 0 Å². The van der Waals surface area contributed by atoms with E-state index in [1.54, 1.807) is 6.92 Å². The summed E-state index contributed by atoms with van der Waals surface area (Å²) in [6.07, 6.45) is 1.57. The summed E-state index contributed by atoms with van der Waals surface area (Å²) in [4.78, 5) is 4.34. The highest BCUT2D eigenvalue weighted by Crippen LogP contribution is 2.12. The molecule has 0 saturated carbocycles. The van der Waals surface area contributed by atoms with Gasteiger partial charge in [0.1, 0.15) is 0 Å². The predicted octanol–water partition coefficient (Wildman–Crippen LogP) is 0.152. The fourth-order valence-corrected chi connectivity index (χ4v) is 1.39. The van der Waals surface area contributed by atoms with Gasteiger partial charge in [0.2, 0.25) is 5.95 Å². The molecule has 0 radical (unpaired) electrons. The number of nitrogens with one attached hydrogen (secondary N) is 1. The van der Waals surface area contributed by atoms with Crippen molar-refractivity contribution in [3.63, 3.8) is 0 Å². The number of aliphatic hydroxyl groups excluding tert-OH is 2. The largest absolute Gasteiger partial charge is 0.394 e. The third-order valence-electron chi connectivity index (χ3n) is 2.62. The summed E-state index contributed by atoms with van der Waals surface area (Å²) in [5.74, 6) is 0.338. The zero-order valence-corrected chi connectivity index (χ0v) is 10.6. The molecule has 0 atom stereocenters. The van der Waals surface area contributed by atoms with E-state index in [1.807, 2.05) is 13.8 Å². The van der Waals surface area contributed by atoms with Crippen molar-refractivity contribution in [3.8, 4) is 0 Å². The molecule has 1 heterocycles. The van der Waals surface area contributed by atoms with E-state index in [-0.39, 0.29) is 13.2 Å². The van der Waals surface area contributed by atoms with Crippen LogP contribution in [0.3, 0.4) is 0 Å². The average Bonchev–Trinajstić information content (AvgIpc) is 2.38. The Balaban J connectivity index is 2.93. The van der Waals surface area contributed by atoms with Crippen molar-refractivity contribution in [2.45, 2.75) is 39.2 Å². The maximum atomic E-state index is 9.18. The van der Waals surface area contributed by atoms with Crippen LogP contribution in [0.15, 0.2) is 0 Å². The molecule has 17 heavy (non-hydrogen) atoms. The zero-order chi connectivity index (χ0) is 12.9. The molecule has 0 spiro atoms. The first-order valence-electron chi connectivity index (χ1n) is 5.81. The van der Waals surface area contributed by atoms with Gasteiger partial charge in [0.25, 0.3) is 0 Å². The predicted molar refractivity (Wildman–Crippen MR) is 64.8 cm³/mol. The molecule has 0 saturated heterocycles. The Morgan fingerprint density at radius 3 is 2.12 bits per heavy atom. The molecule has 1 aromatic heterocycles. The van der Waals surface area contributed by atoms with Crippen molar-refractivity contribution in [3.05, 3.63) is 11.4 Å². The van der Waals surface area contributed by atoms with Crippen molar-refractivity contribution in [2.75, 3.05) is 18.5 Å². The molecule has 0 unspecified atom stereocenters. The molecule has 0 aliphatic heterocycles. The van der Waals surface area contributed by atoms with Crippen LogP contribution in [0.2, 0.25) is 0 Å². The second-order valence-electron chi connectivity index (χ2n) is 4.24. The van der Waals surface area contributed by atoms with Gasteiger partial charge in [0.15, 0.2) is 0 Å². The Kier molecular flexibility index (Phi) is 4.77. The molecular formula is C11H20N4O2. The third kappa shape index (κ3) is 3.34. The second-order valence-corrected chi connectivity index (χ2v) is 4.24. The molecule has 6 heteroatoms. The van der Waals surface area contributed by atoms with Crippen LogP contribution in [0.4, 0.5) is 5.95 Å². The quantitative estimate of drug-likeness (QED) is 0.655. The summed E-state index contributed by atoms with van der Waals surface area (Å²) in [6, 6.07) is 0. The Hall–Kier alpha value is -1.27. The molecule has 0 aliphatic rings. The van der Waals surface area contributed by atoms with Crippen LogP contribution < -0.4 is 5.32 Å². The SMILES string of the molecule is CCc1nnc(NC(C)(CO)CO)nc1CC. The van der Waals surface area contributed by atoms with Gasteiger partial charge in [-0.15, -0.1) is 5.10 Å². The first kappa shape index (κ1) is 13.8. The Bertz CT molecular complexity index is 366. The van der Waals surface area contributed by atoms with E-state index in [0.29, 0.717) is 5.95 Å². The van der Waals surface area contributed by atoms with Crippen LogP contribution in [0.25, 0.3) is 0 Å². The van der Waals surface area contributed by atoms with Gasteiger partial charge in [-0.1, -0.05) is 13.8 Å². The molecular weight excluding hydrogens is 220 g/mol. The number of nitrogens with zero attached hydrogens (tertiary/aromatic N) is 3. The minimum atomic E-state index is -0.833. The second kappa shape index (κ2) is 5.88. The van der Waals surface area contributed by atoms with Crippen LogP contribution in [0, 0.1) is 0 Å². The first-order valence-corrected chi connectivity index (χ1v) is 5.81. The van der Waals surface area contributed by atoms with E-state index in [4.69, 9.17) is 0 Å². The van der Waals surface area contributed by atoms with E-state index in [2.05, 4.69) is 20.5 Å². The number of aliphatic hydroxyl groups is 2. The molecule has 1 aromatic rings. The Morgan fingerprint density at radius 2 is 1.65 bits per heavy atom. The van der Waals surface area contributed by atoms with Crippen molar-refractivity contribution < 1.29 is 10.2 Å². The van der Waals surface area contributed by atoms with Gasteiger partial charge in [-0.3, -0.25) is 0 Å². The number of anilines is 1. The van der Waals surface area contributed by atoms with Crippen LogP contribution in [0.5, 0.6) is 0 Å². The minimum absolute atomic E-state index is 0.205. The summed E-state index contributed by atoms with van der Waals surface area (Å²) < 4.78 is 0. The van der Waals surface area contributed by atoms with Crippen LogP contribution in [-0.4, -0.2) is 44.1 Å². The highest BCUT2D eigenvalue weighted by atomic mass is 16.3. The van der Waals surface area contributed by atoms with Crippen LogP contribution in [-0.2, 0) is 12.8 Å². The normalized spacial score (nSPS) is 11.6. The maximum absolute atomic E-state index is 9.18. The molecule has 0 bridgehead atoms. The van der Waals surface area contributed by atoms with Crippen LogP contribution in [0.1, 0.15) is 32.2 Å². The molecule has 96 valence electrons. The lowest BCUT2D eigenvalue weighted by Crippen LogP contribution is -2.43. The number of aromatic nitrogens is 3. The number of rotatable bonds is 6. The maximum Gasteiger partial charge on any atom is 0.243 e. The topological polar surface area (TPSA) is 91.2 Å². The summed E-state index contributed by atoms with van der Waals surface area (Å²) in [5.41, 5.74) is 0.941. The van der Waals surface area contributed by atoms with Gasteiger partial charge in [-0.2, -0.15) is 5.10 Å². The molecule has 0 fully saturated rings. The van der Waals surface area contributed by atoms with Gasteiger partial charge < -0.3 is 15.5 Å². The molecule has 0 aromatic carbocycles. The highest BCUT2D eigenvalue weighted by molar-refractivity contribution is 5.30. The lowest BCUT2D eigenvalue weighted by Gasteiger charge is -2.26. The van der Waals surface area contributed by atoms with Gasteiger partial charge in [0.05, 0.1) is 30.1 Å². The standard InChI is InChI=1S/C11H20N4O2/c1-4-8-9(5-2)14-15-10(12-8)13-11(3,6-16)7-17/h16-17H,4-7H2,1-3H3,(H,12,13,15). The molecule has 1 rings (SSSR count). The lowest BCUT2D eigenvalue weighted by molar-refractivity contribution is 0.147. The van der Waals surface area contributed by atoms with E-state index in [1.165, 1.54) is 0 Å². The average molecular weight is 240 g/mol. The van der Waals surface area contributed by atoms with Gasteiger partial charge >= 0.3 is 0 Å². The monoisotopic (exact) mass is 240 g/mol. The lowest BCUT2D eigenvalue weighted by atomic mass is 10.1. The molecule has 0 amide bonds. The van der Waals surface area contributed by atoms with Crippen molar-refractivity contribution in [1.29, 1.82) is 0 Å². The molecule has 3 N–H and O–H groups in total. The van der Waals surface area contributed by atoms with Crippen LogP contribution >= 0.6 is 0 Å². The molecule has 6 nitrogen and oxygen atoms in total. The van der Waals surface area contributed by atoms with Gasteiger partial charge in [-0.05, 0) is 19.8 Å². The first-order chi connectivity index (χ1) is 8.08. The van der Waals surface area contributed by atoms with Crippen molar-refractivity contribution in [1.82, 2.24) is 15.2 Å². The summed E-state index contributed by atoms with van der Waals surface area (Å²) in [6.45, 7) is 5.29. The van der Waals surface area contributed by atoms with E-state index in [9.17, 15) is 10.2 Å². The fourth-order valence-electron chi connectivity index (χ4n) is 1.39. The number of aryl methyl sites for hydroxylation is 2. The number of hydrogen-bond donors (Lipinski definition) is 3. The summed E-state index contributed by atoms with van der Waals surface area (Å²) in [5, 5.41) is 29.3. The smallest absolute Gasteiger partial charge is 0.243 e. The Labute approximate surface area is 101 Å².